The number of hydrogen-bond donors (Lipinski definition) is 1. The number of ketones is 1. The molecule has 190 valence electrons. The second kappa shape index (κ2) is 8.43. The number of carbonyl (C=O) groups is 1. The molecule has 0 saturated heterocycles. The van der Waals surface area contributed by atoms with Gasteiger partial charge in [-0.05, 0) is 98.5 Å². The van der Waals surface area contributed by atoms with Crippen molar-refractivity contribution in [1.29, 1.82) is 0 Å². The van der Waals surface area contributed by atoms with Gasteiger partial charge in [0.1, 0.15) is 5.60 Å². The summed E-state index contributed by atoms with van der Waals surface area (Å²) >= 11 is 0. The van der Waals surface area contributed by atoms with Gasteiger partial charge in [-0.1, -0.05) is 42.7 Å². The summed E-state index contributed by atoms with van der Waals surface area (Å²) in [5, 5.41) is 11.6. The number of rotatable bonds is 4. The first kappa shape index (κ1) is 24.2. The normalized spacial score (nSPS) is 35.8. The molecule has 0 spiro atoms. The average molecular weight is 505 g/mol. The fraction of sp³-hybridized carbons (Fsp3) is 0.581. The van der Waals surface area contributed by atoms with E-state index in [1.807, 2.05) is 25.1 Å². The highest BCUT2D eigenvalue weighted by Gasteiger charge is 2.62. The van der Waals surface area contributed by atoms with Crippen LogP contribution in [0.2, 0.25) is 0 Å². The second-order valence-electron chi connectivity index (χ2n) is 12.0. The van der Waals surface area contributed by atoms with Crippen molar-refractivity contribution < 1.29 is 18.3 Å². The van der Waals surface area contributed by atoms with E-state index >= 15 is 0 Å². The zero-order valence-electron chi connectivity index (χ0n) is 21.3. The molecule has 1 aromatic rings. The van der Waals surface area contributed by atoms with Crippen molar-refractivity contribution in [2.45, 2.75) is 94.2 Å². The van der Waals surface area contributed by atoms with Crippen LogP contribution < -0.4 is 0 Å². The molecule has 0 unspecified atom stereocenters. The number of aliphatic hydroxyl groups is 1. The van der Waals surface area contributed by atoms with Crippen molar-refractivity contribution in [1.82, 2.24) is 0 Å². The van der Waals surface area contributed by atoms with Crippen LogP contribution >= 0.6 is 0 Å². The van der Waals surface area contributed by atoms with E-state index in [4.69, 9.17) is 0 Å². The lowest BCUT2D eigenvalue weighted by Gasteiger charge is -2.53. The van der Waals surface area contributed by atoms with Crippen LogP contribution in [-0.4, -0.2) is 30.2 Å². The number of benzene rings is 1. The molecule has 0 heterocycles. The van der Waals surface area contributed by atoms with Crippen LogP contribution in [0.15, 0.2) is 47.1 Å². The van der Waals surface area contributed by atoms with Gasteiger partial charge < -0.3 is 5.11 Å². The maximum Gasteiger partial charge on any atom is 0.157 e. The molecule has 5 aliphatic rings. The van der Waals surface area contributed by atoms with E-state index in [1.54, 1.807) is 0 Å². The third-order valence-corrected chi connectivity index (χ3v) is 12.2. The zero-order chi connectivity index (χ0) is 25.3. The van der Waals surface area contributed by atoms with Crippen LogP contribution in [0, 0.1) is 29.1 Å². The van der Waals surface area contributed by atoms with E-state index in [0.29, 0.717) is 24.7 Å². The number of allylic oxidation sites excluding steroid dienone is 4. The lowest BCUT2D eigenvalue weighted by molar-refractivity contribution is -0.114. The third-order valence-electron chi connectivity index (χ3n) is 10.0. The number of sulfone groups is 1. The number of fused-ring (bicyclic) bond motifs is 4. The van der Waals surface area contributed by atoms with Gasteiger partial charge in [-0.25, -0.2) is 8.42 Å². The maximum absolute atomic E-state index is 12.5. The van der Waals surface area contributed by atoms with Crippen LogP contribution in [0.25, 0.3) is 0 Å². The molecule has 5 heteroatoms. The largest absolute Gasteiger partial charge is 0.377 e. The first-order chi connectivity index (χ1) is 17.1. The Hall–Kier alpha value is -2.16. The van der Waals surface area contributed by atoms with Gasteiger partial charge in [-0.2, -0.15) is 0 Å². The topological polar surface area (TPSA) is 71.4 Å². The molecule has 36 heavy (non-hydrogen) atoms. The molecular formula is C31H36O4S. The van der Waals surface area contributed by atoms with Crippen LogP contribution in [0.5, 0.6) is 0 Å². The monoisotopic (exact) mass is 504 g/mol. The minimum atomic E-state index is -3.06. The predicted octanol–water partition coefficient (Wildman–Crippen LogP) is 5.42. The van der Waals surface area contributed by atoms with Crippen LogP contribution in [0.3, 0.4) is 0 Å². The fourth-order valence-corrected chi connectivity index (χ4v) is 9.75. The summed E-state index contributed by atoms with van der Waals surface area (Å²) in [6.45, 7) is 4.06. The van der Waals surface area contributed by atoms with Crippen LogP contribution in [-0.2, 0) is 20.4 Å². The van der Waals surface area contributed by atoms with Gasteiger partial charge in [0.2, 0.25) is 0 Å². The predicted molar refractivity (Wildman–Crippen MR) is 141 cm³/mol. The summed E-state index contributed by atoms with van der Waals surface area (Å²) in [5.41, 5.74) is 4.82. The standard InChI is InChI=1S/C31H36O4S/c1-3-15-31(33)16-14-28-26-12-8-22-17-23(32)9-13-25(22)29(26)27(18-30(28,31)2)21-6-4-20(5-7-21)19-36(34,35)24-10-11-24/h4-7,17,24,26-28,33H,8-14,16,18-19H2,1-2H3/t26-,27+,28-,30-,31-/m0/s1. The molecule has 5 aliphatic carbocycles. The van der Waals surface area contributed by atoms with Crippen molar-refractivity contribution in [3.8, 4) is 11.8 Å². The number of carbonyl (C=O) groups excluding carboxylic acids is 1. The highest BCUT2D eigenvalue weighted by Crippen LogP contribution is 2.66. The minimum absolute atomic E-state index is 0.111. The first-order valence-corrected chi connectivity index (χ1v) is 15.3. The van der Waals surface area contributed by atoms with Crippen molar-refractivity contribution in [2.24, 2.45) is 17.3 Å². The second-order valence-corrected chi connectivity index (χ2v) is 14.3. The summed E-state index contributed by atoms with van der Waals surface area (Å²) in [6.07, 6.45) is 9.31. The highest BCUT2D eigenvalue weighted by molar-refractivity contribution is 7.91. The molecule has 0 radical (unpaired) electrons. The van der Waals surface area contributed by atoms with Gasteiger partial charge in [0.25, 0.3) is 0 Å². The van der Waals surface area contributed by atoms with Gasteiger partial charge in [0, 0.05) is 17.8 Å². The molecule has 0 bridgehead atoms. The van der Waals surface area contributed by atoms with E-state index in [2.05, 4.69) is 30.9 Å². The quantitative estimate of drug-likeness (QED) is 0.556. The Balaban J connectivity index is 1.43. The van der Waals surface area contributed by atoms with E-state index in [1.165, 1.54) is 22.3 Å². The van der Waals surface area contributed by atoms with Gasteiger partial charge >= 0.3 is 0 Å². The van der Waals surface area contributed by atoms with E-state index in [0.717, 1.165) is 50.5 Å². The summed E-state index contributed by atoms with van der Waals surface area (Å²) in [4.78, 5) is 12.2. The Morgan fingerprint density at radius 2 is 1.81 bits per heavy atom. The van der Waals surface area contributed by atoms with Crippen molar-refractivity contribution in [3.63, 3.8) is 0 Å². The van der Waals surface area contributed by atoms with Crippen LogP contribution in [0.4, 0.5) is 0 Å². The Labute approximate surface area is 215 Å². The van der Waals surface area contributed by atoms with E-state index in [9.17, 15) is 18.3 Å². The van der Waals surface area contributed by atoms with E-state index < -0.39 is 15.4 Å². The Bertz CT molecular complexity index is 1330. The number of hydrogen-bond acceptors (Lipinski definition) is 4. The third kappa shape index (κ3) is 3.75. The van der Waals surface area contributed by atoms with Crippen molar-refractivity contribution in [2.75, 3.05) is 0 Å². The maximum atomic E-state index is 12.5. The molecule has 0 aliphatic heterocycles. The smallest absolute Gasteiger partial charge is 0.157 e. The summed E-state index contributed by atoms with van der Waals surface area (Å²) in [6, 6.07) is 8.20. The SMILES string of the molecule is CC#C[C@]1(O)CC[C@H]2[C@@H]3CCC4=CC(=O)CCC4=C3[C@@H](c3ccc(CS(=O)(=O)C4CC4)cc3)C[C@@]21C. The Morgan fingerprint density at radius 1 is 1.06 bits per heavy atom. The molecular weight excluding hydrogens is 468 g/mol. The molecule has 0 amide bonds. The Morgan fingerprint density at radius 3 is 2.50 bits per heavy atom. The van der Waals surface area contributed by atoms with Crippen molar-refractivity contribution >= 4 is 15.6 Å². The molecule has 5 atom stereocenters. The molecule has 0 aromatic heterocycles. The average Bonchev–Trinajstić information content (AvgIpc) is 3.66. The van der Waals surface area contributed by atoms with Gasteiger partial charge in [0.15, 0.2) is 15.6 Å². The molecule has 3 saturated carbocycles. The van der Waals surface area contributed by atoms with Gasteiger partial charge in [0.05, 0.1) is 11.0 Å². The summed E-state index contributed by atoms with van der Waals surface area (Å²) in [7, 11) is -3.06. The van der Waals surface area contributed by atoms with Crippen molar-refractivity contribution in [3.05, 3.63) is 58.2 Å². The lowest BCUT2D eigenvalue weighted by atomic mass is 9.51. The van der Waals surface area contributed by atoms with E-state index in [-0.39, 0.29) is 28.1 Å². The molecule has 4 nitrogen and oxygen atoms in total. The molecule has 1 aromatic carbocycles. The summed E-state index contributed by atoms with van der Waals surface area (Å²) in [5.74, 6) is 7.47. The first-order valence-electron chi connectivity index (χ1n) is 13.6. The molecule has 1 N–H and O–H groups in total. The zero-order valence-corrected chi connectivity index (χ0v) is 22.2. The van der Waals surface area contributed by atoms with Gasteiger partial charge in [-0.15, -0.1) is 5.92 Å². The molecule has 3 fully saturated rings. The summed E-state index contributed by atoms with van der Waals surface area (Å²) < 4.78 is 25.1. The highest BCUT2D eigenvalue weighted by atomic mass is 32.2. The molecule has 6 rings (SSSR count). The Kier molecular flexibility index (Phi) is 5.67. The minimum Gasteiger partial charge on any atom is -0.377 e. The van der Waals surface area contributed by atoms with Gasteiger partial charge in [-0.3, -0.25) is 4.79 Å². The fourth-order valence-electron chi connectivity index (χ4n) is 8.00. The van der Waals surface area contributed by atoms with Crippen LogP contribution in [0.1, 0.15) is 88.7 Å². The lowest BCUT2D eigenvalue weighted by Crippen LogP contribution is -2.51.